The Hall–Kier alpha value is -2.61. The van der Waals surface area contributed by atoms with E-state index in [2.05, 4.69) is 22.8 Å². The molecule has 1 aliphatic heterocycles. The molecule has 5 N–H and O–H groups in total. The van der Waals surface area contributed by atoms with Crippen molar-refractivity contribution in [2.75, 3.05) is 20.3 Å². The second kappa shape index (κ2) is 8.15. The second-order valence-corrected chi connectivity index (χ2v) is 9.19. The van der Waals surface area contributed by atoms with Gasteiger partial charge in [0.1, 0.15) is 0 Å². The van der Waals surface area contributed by atoms with Crippen LogP contribution < -0.4 is 11.6 Å². The Kier molecular flexibility index (Phi) is 5.68. The molecule has 7 heteroatoms. The maximum atomic E-state index is 10.5. The number of hydrazine groups is 1. The van der Waals surface area contributed by atoms with Crippen LogP contribution in [0.3, 0.4) is 0 Å². The number of hydrogen-bond donors (Lipinski definition) is 3. The highest BCUT2D eigenvalue weighted by molar-refractivity contribution is 6.06. The summed E-state index contributed by atoms with van der Waals surface area (Å²) < 4.78 is 7.91. The van der Waals surface area contributed by atoms with Gasteiger partial charge in [-0.25, -0.2) is 5.84 Å². The quantitative estimate of drug-likeness (QED) is 0.430. The molecule has 1 aromatic carbocycles. The third-order valence-corrected chi connectivity index (χ3v) is 6.19. The summed E-state index contributed by atoms with van der Waals surface area (Å²) in [6.07, 6.45) is 3.93. The van der Waals surface area contributed by atoms with Gasteiger partial charge >= 0.3 is 0 Å². The van der Waals surface area contributed by atoms with E-state index in [-0.39, 0.29) is 0 Å². The predicted octanol–water partition coefficient (Wildman–Crippen LogP) is 3.30. The van der Waals surface area contributed by atoms with E-state index < -0.39 is 5.60 Å². The monoisotopic (exact) mass is 423 g/mol. The van der Waals surface area contributed by atoms with Gasteiger partial charge in [-0.05, 0) is 63.3 Å². The van der Waals surface area contributed by atoms with Gasteiger partial charge in [0.25, 0.3) is 0 Å². The van der Waals surface area contributed by atoms with Crippen LogP contribution in [-0.2, 0) is 16.9 Å². The highest BCUT2D eigenvalue weighted by atomic mass is 16.5. The van der Waals surface area contributed by atoms with Gasteiger partial charge < -0.3 is 25.2 Å². The Morgan fingerprint density at radius 1 is 1.26 bits per heavy atom. The van der Waals surface area contributed by atoms with Crippen molar-refractivity contribution in [2.24, 2.45) is 17.5 Å². The molecule has 0 amide bonds. The average Bonchev–Trinajstić information content (AvgIpc) is 3.00. The molecule has 0 aliphatic carbocycles. The van der Waals surface area contributed by atoms with Crippen molar-refractivity contribution in [1.29, 1.82) is 0 Å². The molecule has 1 fully saturated rings. The lowest BCUT2D eigenvalue weighted by atomic mass is 9.97. The number of rotatable bonds is 5. The maximum absolute atomic E-state index is 10.5. The lowest BCUT2D eigenvalue weighted by molar-refractivity contribution is 0.0619. The van der Waals surface area contributed by atoms with E-state index in [1.807, 2.05) is 19.2 Å². The number of fused-ring (bicyclic) bond motifs is 3. The van der Waals surface area contributed by atoms with Gasteiger partial charge in [0.05, 0.1) is 27.8 Å². The summed E-state index contributed by atoms with van der Waals surface area (Å²) in [5, 5.41) is 13.1. The number of ether oxygens (including phenoxy) is 1. The maximum Gasteiger partial charge on any atom is 0.0960 e. The molecule has 1 saturated heterocycles. The summed E-state index contributed by atoms with van der Waals surface area (Å²) in [5.41, 5.74) is 11.5. The number of pyridine rings is 1. The Balaban J connectivity index is 1.94. The molecule has 3 heterocycles. The first kappa shape index (κ1) is 21.6. The molecule has 0 atom stereocenters. The molecule has 1 aliphatic rings. The Morgan fingerprint density at radius 3 is 2.58 bits per heavy atom. The van der Waals surface area contributed by atoms with Crippen LogP contribution in [0.25, 0.3) is 27.6 Å². The average molecular weight is 424 g/mol. The molecule has 7 nitrogen and oxygen atoms in total. The molecule has 3 aromatic rings. The normalized spacial score (nSPS) is 16.7. The Labute approximate surface area is 183 Å². The third kappa shape index (κ3) is 4.13. The molecule has 0 saturated carbocycles. The fraction of sp³-hybridized carbons (Fsp3) is 0.458. The van der Waals surface area contributed by atoms with Crippen LogP contribution in [0.4, 0.5) is 0 Å². The summed E-state index contributed by atoms with van der Waals surface area (Å²) in [4.78, 5) is 4.83. The summed E-state index contributed by atoms with van der Waals surface area (Å²) in [6.45, 7) is 7.97. The van der Waals surface area contributed by atoms with E-state index in [1.54, 1.807) is 20.9 Å². The largest absolute Gasteiger partial charge is 0.401 e. The van der Waals surface area contributed by atoms with Crippen molar-refractivity contribution in [3.05, 3.63) is 47.3 Å². The van der Waals surface area contributed by atoms with Gasteiger partial charge in [0, 0.05) is 49.6 Å². The molecule has 0 bridgehead atoms. The van der Waals surface area contributed by atoms with E-state index in [9.17, 15) is 5.11 Å². The van der Waals surface area contributed by atoms with Crippen molar-refractivity contribution in [1.82, 2.24) is 14.6 Å². The zero-order chi connectivity index (χ0) is 22.3. The van der Waals surface area contributed by atoms with E-state index in [0.29, 0.717) is 11.6 Å². The van der Waals surface area contributed by atoms with Gasteiger partial charge in [-0.1, -0.05) is 6.07 Å². The lowest BCUT2D eigenvalue weighted by Crippen LogP contribution is -2.26. The molecule has 166 valence electrons. The third-order valence-electron chi connectivity index (χ3n) is 6.19. The number of hydrogen-bond acceptors (Lipinski definition) is 6. The number of benzene rings is 1. The molecule has 0 unspecified atom stereocenters. The van der Waals surface area contributed by atoms with Crippen LogP contribution in [0.5, 0.6) is 0 Å². The van der Waals surface area contributed by atoms with Gasteiger partial charge in [0.15, 0.2) is 0 Å². The first-order chi connectivity index (χ1) is 14.7. The summed E-state index contributed by atoms with van der Waals surface area (Å²) in [6, 6.07) is 8.29. The molecule has 0 spiro atoms. The van der Waals surface area contributed by atoms with Crippen molar-refractivity contribution < 1.29 is 9.84 Å². The topological polar surface area (TPSA) is 103 Å². The Bertz CT molecular complexity index is 1130. The van der Waals surface area contributed by atoms with Gasteiger partial charge in [-0.2, -0.15) is 0 Å². The van der Waals surface area contributed by atoms with Crippen LogP contribution in [0.2, 0.25) is 0 Å². The first-order valence-electron chi connectivity index (χ1n) is 10.8. The molecule has 0 radical (unpaired) electrons. The van der Waals surface area contributed by atoms with Gasteiger partial charge in [0.2, 0.25) is 0 Å². The summed E-state index contributed by atoms with van der Waals surface area (Å²) in [7, 11) is 1.78. The number of aromatic nitrogens is 2. The van der Waals surface area contributed by atoms with Crippen LogP contribution in [0.1, 0.15) is 44.7 Å². The zero-order valence-corrected chi connectivity index (χ0v) is 18.9. The standard InChI is InChI=1S/C24H33N5O2/c1-15(25)23(28(4)26)17-11-21-22(27-13-17)19-12-18(24(2,3)30)5-6-20(19)29(21)14-16-7-9-31-10-8-16/h5-6,11-13,16,30H,7-10,14,25-26H2,1-4H3/b23-15-. The fourth-order valence-electron chi connectivity index (χ4n) is 4.56. The van der Waals surface area contributed by atoms with Crippen LogP contribution in [-0.4, -0.2) is 39.9 Å². The van der Waals surface area contributed by atoms with Crippen molar-refractivity contribution in [3.8, 4) is 0 Å². The first-order valence-corrected chi connectivity index (χ1v) is 10.8. The van der Waals surface area contributed by atoms with Crippen LogP contribution >= 0.6 is 0 Å². The SMILES string of the molecule is C/C(N)=C(\c1cnc2c3cc(C(C)(C)O)ccc3n(CC3CCOCC3)c2c1)N(C)N. The minimum atomic E-state index is -0.919. The molecule has 2 aromatic heterocycles. The lowest BCUT2D eigenvalue weighted by Gasteiger charge is -2.24. The molecule has 4 rings (SSSR count). The molecular weight excluding hydrogens is 390 g/mol. The zero-order valence-electron chi connectivity index (χ0n) is 18.9. The van der Waals surface area contributed by atoms with Crippen molar-refractivity contribution in [3.63, 3.8) is 0 Å². The van der Waals surface area contributed by atoms with Crippen LogP contribution in [0, 0.1) is 5.92 Å². The van der Waals surface area contributed by atoms with E-state index in [1.165, 1.54) is 5.01 Å². The summed E-state index contributed by atoms with van der Waals surface area (Å²) >= 11 is 0. The van der Waals surface area contributed by atoms with Crippen LogP contribution in [0.15, 0.2) is 36.2 Å². The van der Waals surface area contributed by atoms with Gasteiger partial charge in [-0.3, -0.25) is 4.98 Å². The number of aliphatic hydroxyl groups is 1. The minimum Gasteiger partial charge on any atom is -0.401 e. The molecule has 31 heavy (non-hydrogen) atoms. The van der Waals surface area contributed by atoms with E-state index in [4.69, 9.17) is 21.3 Å². The van der Waals surface area contributed by atoms with E-state index in [0.717, 1.165) is 71.4 Å². The number of allylic oxidation sites excluding steroid dienone is 1. The van der Waals surface area contributed by atoms with E-state index >= 15 is 0 Å². The number of nitrogens with two attached hydrogens (primary N) is 2. The number of nitrogens with zero attached hydrogens (tertiary/aromatic N) is 3. The van der Waals surface area contributed by atoms with Crippen molar-refractivity contribution >= 4 is 27.6 Å². The minimum absolute atomic E-state index is 0.550. The molecular formula is C24H33N5O2. The van der Waals surface area contributed by atoms with Gasteiger partial charge in [-0.15, -0.1) is 0 Å². The Morgan fingerprint density at radius 2 is 1.97 bits per heavy atom. The highest BCUT2D eigenvalue weighted by Gasteiger charge is 2.22. The smallest absolute Gasteiger partial charge is 0.0960 e. The second-order valence-electron chi connectivity index (χ2n) is 9.19. The van der Waals surface area contributed by atoms with Crippen molar-refractivity contribution in [2.45, 2.75) is 45.8 Å². The summed E-state index contributed by atoms with van der Waals surface area (Å²) in [5.74, 6) is 6.61. The highest BCUT2D eigenvalue weighted by Crippen LogP contribution is 2.34. The predicted molar refractivity (Wildman–Crippen MR) is 125 cm³/mol. The fourth-order valence-corrected chi connectivity index (χ4v) is 4.56.